The van der Waals surface area contributed by atoms with Crippen LogP contribution < -0.4 is 0 Å². The maximum absolute atomic E-state index is 11.2. The Labute approximate surface area is 77.5 Å². The normalized spacial score (nSPS) is 10.8. The van der Waals surface area contributed by atoms with E-state index in [-0.39, 0.29) is 0 Å². The van der Waals surface area contributed by atoms with Crippen LogP contribution in [-0.2, 0) is 19.1 Å². The molecule has 0 aliphatic carbocycles. The summed E-state index contributed by atoms with van der Waals surface area (Å²) in [4.78, 5) is 22.0. The van der Waals surface area contributed by atoms with Crippen LogP contribution in [0.5, 0.6) is 0 Å². The molecule has 13 heavy (non-hydrogen) atoms. The smallest absolute Gasteiger partial charge is 0.379 e. The molecule has 0 aliphatic heterocycles. The summed E-state index contributed by atoms with van der Waals surface area (Å²) in [6, 6.07) is 0. The van der Waals surface area contributed by atoms with Gasteiger partial charge in [-0.2, -0.15) is 0 Å². The molecule has 0 heterocycles. The van der Waals surface area contributed by atoms with E-state index in [1.54, 1.807) is 13.8 Å². The van der Waals surface area contributed by atoms with Crippen LogP contribution in [0.3, 0.4) is 0 Å². The minimum Gasteiger partial charge on any atom is -0.501 e. The zero-order chi connectivity index (χ0) is 10.3. The van der Waals surface area contributed by atoms with Crippen molar-refractivity contribution in [3.05, 3.63) is 11.8 Å². The van der Waals surface area contributed by atoms with Gasteiger partial charge in [-0.3, -0.25) is 4.79 Å². The van der Waals surface area contributed by atoms with E-state index in [1.807, 2.05) is 0 Å². The van der Waals surface area contributed by atoms with Gasteiger partial charge >= 0.3 is 5.97 Å². The standard InChI is InChI=1S/C9H14O4/c1-4-7(6-13-5-2)8(10)9(11)12-3/h6H,4-5H2,1-3H3/b7-6+. The van der Waals surface area contributed by atoms with Gasteiger partial charge in [0.1, 0.15) is 0 Å². The van der Waals surface area contributed by atoms with Crippen LogP contribution in [-0.4, -0.2) is 25.5 Å². The molecule has 4 heteroatoms. The Bertz CT molecular complexity index is 218. The number of carbonyl (C=O) groups excluding carboxylic acids is 2. The molecule has 0 fully saturated rings. The highest BCUT2D eigenvalue weighted by Gasteiger charge is 2.18. The number of rotatable bonds is 5. The second-order valence-corrected chi connectivity index (χ2v) is 2.27. The molecule has 0 aromatic carbocycles. The highest BCUT2D eigenvalue weighted by atomic mass is 16.5. The fraction of sp³-hybridized carbons (Fsp3) is 0.556. The fourth-order valence-corrected chi connectivity index (χ4v) is 0.705. The van der Waals surface area contributed by atoms with Crippen molar-refractivity contribution in [1.29, 1.82) is 0 Å². The SMILES string of the molecule is CCO/C=C(\CC)C(=O)C(=O)OC. The average Bonchev–Trinajstić information content (AvgIpc) is 2.17. The predicted octanol–water partition coefficient (Wildman–Crippen LogP) is 1.06. The van der Waals surface area contributed by atoms with Crippen LogP contribution in [0.4, 0.5) is 0 Å². The van der Waals surface area contributed by atoms with Crippen LogP contribution in [0.1, 0.15) is 20.3 Å². The van der Waals surface area contributed by atoms with E-state index in [2.05, 4.69) is 4.74 Å². The molecule has 0 saturated carbocycles. The molecule has 0 aromatic rings. The summed E-state index contributed by atoms with van der Waals surface area (Å²) in [5.41, 5.74) is 0.328. The number of ether oxygens (including phenoxy) is 2. The summed E-state index contributed by atoms with van der Waals surface area (Å²) in [6.07, 6.45) is 1.76. The van der Waals surface area contributed by atoms with Crippen LogP contribution in [0.2, 0.25) is 0 Å². The van der Waals surface area contributed by atoms with Crippen molar-refractivity contribution in [2.45, 2.75) is 20.3 Å². The summed E-state index contributed by atoms with van der Waals surface area (Å²) in [5, 5.41) is 0. The van der Waals surface area contributed by atoms with Gasteiger partial charge in [0, 0.05) is 5.57 Å². The number of ketones is 1. The molecule has 0 N–H and O–H groups in total. The third-order valence-electron chi connectivity index (χ3n) is 1.44. The lowest BCUT2D eigenvalue weighted by atomic mass is 10.1. The molecule has 74 valence electrons. The molecule has 4 nitrogen and oxygen atoms in total. The molecule has 0 rings (SSSR count). The summed E-state index contributed by atoms with van der Waals surface area (Å²) >= 11 is 0. The van der Waals surface area contributed by atoms with Gasteiger partial charge in [-0.15, -0.1) is 0 Å². The van der Waals surface area contributed by atoms with Crippen molar-refractivity contribution in [2.75, 3.05) is 13.7 Å². The minimum atomic E-state index is -0.854. The molecule has 0 atom stereocenters. The third kappa shape index (κ3) is 3.73. The maximum Gasteiger partial charge on any atom is 0.379 e. The number of carbonyl (C=O) groups is 2. The van der Waals surface area contributed by atoms with Gasteiger partial charge in [0.2, 0.25) is 0 Å². The molecule has 0 aromatic heterocycles. The van der Waals surface area contributed by atoms with Crippen molar-refractivity contribution in [2.24, 2.45) is 0 Å². The van der Waals surface area contributed by atoms with Crippen molar-refractivity contribution in [3.8, 4) is 0 Å². The zero-order valence-corrected chi connectivity index (χ0v) is 8.12. The second-order valence-electron chi connectivity index (χ2n) is 2.27. The van der Waals surface area contributed by atoms with E-state index < -0.39 is 11.8 Å². The Balaban J connectivity index is 4.40. The van der Waals surface area contributed by atoms with Crippen LogP contribution in [0.15, 0.2) is 11.8 Å². The first-order valence-corrected chi connectivity index (χ1v) is 4.10. The maximum atomic E-state index is 11.2. The monoisotopic (exact) mass is 186 g/mol. The first-order chi connectivity index (χ1) is 6.17. The van der Waals surface area contributed by atoms with Gasteiger partial charge in [-0.25, -0.2) is 4.79 Å². The quantitative estimate of drug-likeness (QED) is 0.279. The van der Waals surface area contributed by atoms with Crippen molar-refractivity contribution < 1.29 is 19.1 Å². The molecular formula is C9H14O4. The zero-order valence-electron chi connectivity index (χ0n) is 8.12. The lowest BCUT2D eigenvalue weighted by molar-refractivity contribution is -0.150. The van der Waals surface area contributed by atoms with Gasteiger partial charge in [0.15, 0.2) is 0 Å². The van der Waals surface area contributed by atoms with Crippen LogP contribution in [0, 0.1) is 0 Å². The summed E-state index contributed by atoms with van der Waals surface area (Å²) in [6.45, 7) is 4.04. The van der Waals surface area contributed by atoms with Crippen molar-refractivity contribution in [1.82, 2.24) is 0 Å². The Morgan fingerprint density at radius 1 is 1.31 bits per heavy atom. The molecule has 0 aliphatic rings. The Kier molecular flexibility index (Phi) is 5.59. The summed E-state index contributed by atoms with van der Waals surface area (Å²) in [7, 11) is 1.17. The van der Waals surface area contributed by atoms with Crippen molar-refractivity contribution in [3.63, 3.8) is 0 Å². The molecule has 0 bridgehead atoms. The highest BCUT2D eigenvalue weighted by Crippen LogP contribution is 2.03. The Morgan fingerprint density at radius 3 is 2.31 bits per heavy atom. The average molecular weight is 186 g/mol. The Hall–Kier alpha value is -1.32. The van der Waals surface area contributed by atoms with E-state index in [0.717, 1.165) is 0 Å². The largest absolute Gasteiger partial charge is 0.501 e. The molecular weight excluding hydrogens is 172 g/mol. The van der Waals surface area contributed by atoms with E-state index >= 15 is 0 Å². The predicted molar refractivity (Wildman–Crippen MR) is 47.0 cm³/mol. The van der Waals surface area contributed by atoms with E-state index in [1.165, 1.54) is 13.4 Å². The molecule has 0 saturated heterocycles. The number of Topliss-reactive ketones (excluding diaryl/α,β-unsaturated/α-hetero) is 1. The first-order valence-electron chi connectivity index (χ1n) is 4.10. The number of hydrogen-bond donors (Lipinski definition) is 0. The van der Waals surface area contributed by atoms with Crippen molar-refractivity contribution >= 4 is 11.8 Å². The van der Waals surface area contributed by atoms with E-state index in [4.69, 9.17) is 4.74 Å². The molecule has 0 amide bonds. The molecule has 0 spiro atoms. The van der Waals surface area contributed by atoms with E-state index in [0.29, 0.717) is 18.6 Å². The fourth-order valence-electron chi connectivity index (χ4n) is 0.705. The third-order valence-corrected chi connectivity index (χ3v) is 1.44. The second kappa shape index (κ2) is 6.22. The van der Waals surface area contributed by atoms with E-state index in [9.17, 15) is 9.59 Å². The lowest BCUT2D eigenvalue weighted by Crippen LogP contribution is -2.17. The topological polar surface area (TPSA) is 52.6 Å². The number of methoxy groups -OCH3 is 1. The van der Waals surface area contributed by atoms with Gasteiger partial charge in [0.05, 0.1) is 20.0 Å². The van der Waals surface area contributed by atoms with Crippen LogP contribution in [0.25, 0.3) is 0 Å². The Morgan fingerprint density at radius 2 is 1.92 bits per heavy atom. The van der Waals surface area contributed by atoms with Gasteiger partial charge < -0.3 is 9.47 Å². The number of esters is 1. The number of hydrogen-bond acceptors (Lipinski definition) is 4. The molecule has 0 radical (unpaired) electrons. The summed E-state index contributed by atoms with van der Waals surface area (Å²) < 4.78 is 9.20. The van der Waals surface area contributed by atoms with Gasteiger partial charge in [0.25, 0.3) is 5.78 Å². The highest BCUT2D eigenvalue weighted by molar-refractivity contribution is 6.40. The van der Waals surface area contributed by atoms with Gasteiger partial charge in [-0.1, -0.05) is 6.92 Å². The summed E-state index contributed by atoms with van der Waals surface area (Å²) in [5.74, 6) is -1.49. The van der Waals surface area contributed by atoms with Crippen LogP contribution >= 0.6 is 0 Å². The minimum absolute atomic E-state index is 0.328. The van der Waals surface area contributed by atoms with Gasteiger partial charge in [-0.05, 0) is 13.3 Å². The molecule has 0 unspecified atom stereocenters. The first kappa shape index (κ1) is 11.7. The lowest BCUT2D eigenvalue weighted by Gasteiger charge is -2.01.